The van der Waals surface area contributed by atoms with E-state index < -0.39 is 6.10 Å². The van der Waals surface area contributed by atoms with Gasteiger partial charge >= 0.3 is 0 Å². The van der Waals surface area contributed by atoms with Gasteiger partial charge in [-0.2, -0.15) is 0 Å². The predicted octanol–water partition coefficient (Wildman–Crippen LogP) is 2.28. The lowest BCUT2D eigenvalue weighted by Gasteiger charge is -2.33. The number of nitrogens with zero attached hydrogens (tertiary/aromatic N) is 2. The largest absolute Gasteiger partial charge is 0.497 e. The Morgan fingerprint density at radius 3 is 2.60 bits per heavy atom. The van der Waals surface area contributed by atoms with Gasteiger partial charge in [0.05, 0.1) is 7.11 Å². The Kier molecular flexibility index (Phi) is 8.51. The highest BCUT2D eigenvalue weighted by Crippen LogP contribution is 2.25. The van der Waals surface area contributed by atoms with E-state index in [2.05, 4.69) is 53.4 Å². The van der Waals surface area contributed by atoms with Crippen molar-refractivity contribution in [2.45, 2.75) is 26.1 Å². The summed E-state index contributed by atoms with van der Waals surface area (Å²) in [5.74, 6) is 1.50. The minimum atomic E-state index is -0.521. The van der Waals surface area contributed by atoms with Gasteiger partial charge in [0.25, 0.3) is 0 Å². The molecule has 1 unspecified atom stereocenters. The van der Waals surface area contributed by atoms with Gasteiger partial charge in [-0.15, -0.1) is 0 Å². The maximum atomic E-state index is 10.5. The highest BCUT2D eigenvalue weighted by Gasteiger charge is 2.18. The summed E-state index contributed by atoms with van der Waals surface area (Å²) in [6, 6.07) is 14.4. The number of aliphatic hydroxyl groups is 1. The number of hydrogen-bond acceptors (Lipinski definition) is 6. The maximum absolute atomic E-state index is 10.5. The number of nitrogens with one attached hydrogen (secondary N) is 1. The lowest BCUT2D eigenvalue weighted by atomic mass is 10.1. The van der Waals surface area contributed by atoms with Gasteiger partial charge in [0.1, 0.15) is 24.2 Å². The Labute approximate surface area is 180 Å². The molecule has 30 heavy (non-hydrogen) atoms. The lowest BCUT2D eigenvalue weighted by Crippen LogP contribution is -2.47. The van der Waals surface area contributed by atoms with Crippen LogP contribution in [0.15, 0.2) is 42.5 Å². The van der Waals surface area contributed by atoms with Crippen molar-refractivity contribution in [3.05, 3.63) is 59.2 Å². The third-order valence-corrected chi connectivity index (χ3v) is 5.50. The van der Waals surface area contributed by atoms with Crippen LogP contribution in [0.1, 0.15) is 16.7 Å². The first-order valence-corrected chi connectivity index (χ1v) is 10.7. The molecule has 0 spiro atoms. The zero-order chi connectivity index (χ0) is 21.3. The molecule has 1 saturated heterocycles. The third-order valence-electron chi connectivity index (χ3n) is 5.50. The number of ether oxygens (including phenoxy) is 2. The molecule has 1 atom stereocenters. The van der Waals surface area contributed by atoms with Crippen molar-refractivity contribution in [2.75, 3.05) is 53.5 Å². The van der Waals surface area contributed by atoms with E-state index in [0.717, 1.165) is 49.8 Å². The van der Waals surface area contributed by atoms with Crippen molar-refractivity contribution in [1.82, 2.24) is 15.1 Å². The molecule has 0 saturated carbocycles. The molecule has 6 heteroatoms. The predicted molar refractivity (Wildman–Crippen MR) is 120 cm³/mol. The van der Waals surface area contributed by atoms with Gasteiger partial charge in [-0.1, -0.05) is 35.9 Å². The molecule has 1 aliphatic heterocycles. The van der Waals surface area contributed by atoms with Gasteiger partial charge in [0.2, 0.25) is 0 Å². The van der Waals surface area contributed by atoms with Gasteiger partial charge in [-0.05, 0) is 25.6 Å². The van der Waals surface area contributed by atoms with Crippen LogP contribution < -0.4 is 14.8 Å². The van der Waals surface area contributed by atoms with Crippen molar-refractivity contribution < 1.29 is 14.6 Å². The van der Waals surface area contributed by atoms with Crippen LogP contribution >= 0.6 is 0 Å². The molecule has 6 nitrogen and oxygen atoms in total. The van der Waals surface area contributed by atoms with E-state index in [1.165, 1.54) is 11.1 Å². The minimum Gasteiger partial charge on any atom is -0.497 e. The molecule has 0 aliphatic carbocycles. The van der Waals surface area contributed by atoms with Crippen molar-refractivity contribution >= 4 is 0 Å². The van der Waals surface area contributed by atoms with Crippen molar-refractivity contribution in [3.8, 4) is 11.5 Å². The van der Waals surface area contributed by atoms with E-state index in [-0.39, 0.29) is 6.61 Å². The molecule has 0 bridgehead atoms. The summed E-state index contributed by atoms with van der Waals surface area (Å²) < 4.78 is 11.4. The molecule has 1 aliphatic rings. The van der Waals surface area contributed by atoms with Gasteiger partial charge < -0.3 is 24.8 Å². The Bertz CT molecular complexity index is 791. The molecule has 0 aromatic heterocycles. The van der Waals surface area contributed by atoms with Gasteiger partial charge in [-0.3, -0.25) is 4.90 Å². The summed E-state index contributed by atoms with van der Waals surface area (Å²) >= 11 is 0. The van der Waals surface area contributed by atoms with Crippen LogP contribution in [-0.2, 0) is 13.1 Å². The summed E-state index contributed by atoms with van der Waals surface area (Å²) in [5.41, 5.74) is 3.57. The molecule has 2 aromatic rings. The van der Waals surface area contributed by atoms with Crippen LogP contribution in [0.4, 0.5) is 0 Å². The standard InChI is InChI=1S/C24H35N3O3/c1-19-5-4-6-20(13-19)15-25-16-21-7-8-23(29-3)14-24(21)30-18-22(28)17-27-11-9-26(2)10-12-27/h4-8,13-14,22,25,28H,9-12,15-18H2,1-3H3. The zero-order valence-electron chi connectivity index (χ0n) is 18.4. The molecule has 0 amide bonds. The topological polar surface area (TPSA) is 57.2 Å². The monoisotopic (exact) mass is 413 g/mol. The van der Waals surface area contributed by atoms with Gasteiger partial charge in [0.15, 0.2) is 0 Å². The number of aryl methyl sites for hydroxylation is 1. The van der Waals surface area contributed by atoms with Gasteiger partial charge in [-0.25, -0.2) is 0 Å². The average Bonchev–Trinajstić information content (AvgIpc) is 2.74. The summed E-state index contributed by atoms with van der Waals surface area (Å²) in [6.45, 7) is 8.54. The number of rotatable bonds is 10. The number of likely N-dealkylation sites (N-methyl/N-ethyl adjacent to an activating group) is 1. The summed E-state index contributed by atoms with van der Waals surface area (Å²) in [4.78, 5) is 4.61. The Hall–Kier alpha value is -2.12. The second kappa shape index (κ2) is 11.3. The molecule has 164 valence electrons. The molecule has 3 rings (SSSR count). The van der Waals surface area contributed by atoms with E-state index in [1.54, 1.807) is 7.11 Å². The highest BCUT2D eigenvalue weighted by atomic mass is 16.5. The fourth-order valence-corrected chi connectivity index (χ4v) is 3.67. The molecule has 2 N–H and O–H groups in total. The number of methoxy groups -OCH3 is 1. The molecule has 1 fully saturated rings. The smallest absolute Gasteiger partial charge is 0.127 e. The van der Waals surface area contributed by atoms with E-state index in [9.17, 15) is 5.11 Å². The maximum Gasteiger partial charge on any atom is 0.127 e. The fourth-order valence-electron chi connectivity index (χ4n) is 3.67. The second-order valence-corrected chi connectivity index (χ2v) is 8.13. The quantitative estimate of drug-likeness (QED) is 0.623. The van der Waals surface area contributed by atoms with Crippen molar-refractivity contribution in [2.24, 2.45) is 0 Å². The Morgan fingerprint density at radius 2 is 1.87 bits per heavy atom. The van der Waals surface area contributed by atoms with Crippen molar-refractivity contribution in [1.29, 1.82) is 0 Å². The molecule has 2 aromatic carbocycles. The first-order chi connectivity index (χ1) is 14.5. The van der Waals surface area contributed by atoms with E-state index in [0.29, 0.717) is 13.1 Å². The summed E-state index contributed by atoms with van der Waals surface area (Å²) in [7, 11) is 3.78. The number of β-amino-alcohol motifs (C(OH)–C–C–N with tert-alkyl or cyclic N) is 1. The summed E-state index contributed by atoms with van der Waals surface area (Å²) in [5, 5.41) is 14.0. The van der Waals surface area contributed by atoms with E-state index in [4.69, 9.17) is 9.47 Å². The van der Waals surface area contributed by atoms with Crippen LogP contribution in [0, 0.1) is 6.92 Å². The third kappa shape index (κ3) is 6.99. The van der Waals surface area contributed by atoms with Crippen LogP contribution in [0.25, 0.3) is 0 Å². The molecule has 0 radical (unpaired) electrons. The Balaban J connectivity index is 1.53. The van der Waals surface area contributed by atoms with E-state index in [1.807, 2.05) is 18.2 Å². The average molecular weight is 414 g/mol. The molecule has 1 heterocycles. The fraction of sp³-hybridized carbons (Fsp3) is 0.500. The Morgan fingerprint density at radius 1 is 1.07 bits per heavy atom. The number of hydrogen-bond donors (Lipinski definition) is 2. The molecular weight excluding hydrogens is 378 g/mol. The lowest BCUT2D eigenvalue weighted by molar-refractivity contribution is 0.0501. The van der Waals surface area contributed by atoms with Crippen LogP contribution in [-0.4, -0.2) is 74.5 Å². The number of benzene rings is 2. The minimum absolute atomic E-state index is 0.268. The first-order valence-electron chi connectivity index (χ1n) is 10.7. The first kappa shape index (κ1) is 22.6. The zero-order valence-corrected chi connectivity index (χ0v) is 18.4. The second-order valence-electron chi connectivity index (χ2n) is 8.13. The van der Waals surface area contributed by atoms with E-state index >= 15 is 0 Å². The van der Waals surface area contributed by atoms with Crippen LogP contribution in [0.2, 0.25) is 0 Å². The summed E-state index contributed by atoms with van der Waals surface area (Å²) in [6.07, 6.45) is -0.521. The normalized spacial score (nSPS) is 16.4. The molecular formula is C24H35N3O3. The van der Waals surface area contributed by atoms with Crippen LogP contribution in [0.5, 0.6) is 11.5 Å². The van der Waals surface area contributed by atoms with Gasteiger partial charge in [0, 0.05) is 57.4 Å². The van der Waals surface area contributed by atoms with Crippen molar-refractivity contribution in [3.63, 3.8) is 0 Å². The SMILES string of the molecule is COc1ccc(CNCc2cccc(C)c2)c(OCC(O)CN2CCN(C)CC2)c1. The highest BCUT2D eigenvalue weighted by molar-refractivity contribution is 5.40. The number of aliphatic hydroxyl groups excluding tert-OH is 1. The van der Waals surface area contributed by atoms with Crippen LogP contribution in [0.3, 0.4) is 0 Å². The number of piperazine rings is 1.